The zero-order valence-electron chi connectivity index (χ0n) is 20.9. The monoisotopic (exact) mass is 540 g/mol. The van der Waals surface area contributed by atoms with E-state index in [4.69, 9.17) is 5.73 Å². The van der Waals surface area contributed by atoms with Gasteiger partial charge in [0.25, 0.3) is 0 Å². The number of Topliss-reactive ketones (excluding diaryl/α,β-unsaturated/α-hetero) is 1. The fourth-order valence-electron chi connectivity index (χ4n) is 5.75. The van der Waals surface area contributed by atoms with Gasteiger partial charge in [0, 0.05) is 41.7 Å². The molecule has 0 bridgehead atoms. The number of para-hydroxylation sites is 1. The number of nitrogens with zero attached hydrogens (tertiary/aromatic N) is 5. The Balaban J connectivity index is 1.47. The molecule has 1 amide bonds. The molecule has 0 radical (unpaired) electrons. The van der Waals surface area contributed by atoms with E-state index >= 15 is 0 Å². The van der Waals surface area contributed by atoms with Gasteiger partial charge in [-0.05, 0) is 31.4 Å². The number of benzene rings is 2. The number of aromatic nitrogens is 2. The maximum Gasteiger partial charge on any atom is 0.247 e. The van der Waals surface area contributed by atoms with Gasteiger partial charge < -0.3 is 10.6 Å². The number of anilines is 2. The van der Waals surface area contributed by atoms with Gasteiger partial charge in [-0.2, -0.15) is 5.26 Å². The summed E-state index contributed by atoms with van der Waals surface area (Å²) in [5, 5.41) is 19.7. The van der Waals surface area contributed by atoms with E-state index in [1.54, 1.807) is 23.7 Å². The quantitative estimate of drug-likeness (QED) is 0.478. The van der Waals surface area contributed by atoms with Crippen LogP contribution in [0.3, 0.4) is 0 Å². The highest BCUT2D eigenvalue weighted by atomic mass is 32.2. The molecule has 190 valence electrons. The molecule has 1 spiro atoms. The van der Waals surface area contributed by atoms with Gasteiger partial charge in [0.2, 0.25) is 11.0 Å². The topological polar surface area (TPSA) is 116 Å². The smallest absolute Gasteiger partial charge is 0.247 e. The van der Waals surface area contributed by atoms with Crippen LogP contribution >= 0.6 is 23.1 Å². The number of ketones is 1. The Morgan fingerprint density at radius 1 is 1.16 bits per heavy atom. The van der Waals surface area contributed by atoms with Gasteiger partial charge in [0.05, 0.1) is 5.57 Å². The number of hydrogen-bond donors (Lipinski definition) is 1. The number of nitriles is 1. The Bertz CT molecular complexity index is 1620. The fourth-order valence-corrected chi connectivity index (χ4v) is 7.57. The molecule has 0 fully saturated rings. The fraction of sp³-hybridized carbons (Fsp3) is 0.250. The van der Waals surface area contributed by atoms with Crippen molar-refractivity contribution in [1.82, 2.24) is 10.2 Å². The first-order valence-electron chi connectivity index (χ1n) is 12.2. The first-order valence-corrected chi connectivity index (χ1v) is 14.0. The highest BCUT2D eigenvalue weighted by Gasteiger charge is 2.61. The number of aryl methyl sites for hydroxylation is 1. The number of carbonyl (C=O) groups is 2. The summed E-state index contributed by atoms with van der Waals surface area (Å²) < 4.78 is 0.749. The van der Waals surface area contributed by atoms with Gasteiger partial charge in [-0.15, -0.1) is 10.2 Å². The summed E-state index contributed by atoms with van der Waals surface area (Å²) >= 11 is 2.92. The van der Waals surface area contributed by atoms with E-state index < -0.39 is 5.41 Å². The lowest BCUT2D eigenvalue weighted by Crippen LogP contribution is -2.52. The average Bonchev–Trinajstić information content (AvgIpc) is 3.46. The first kappa shape index (κ1) is 24.4. The van der Waals surface area contributed by atoms with Crippen LogP contribution in [0.25, 0.3) is 0 Å². The summed E-state index contributed by atoms with van der Waals surface area (Å²) in [4.78, 5) is 30.8. The number of fused-ring (bicyclic) bond motifs is 3. The summed E-state index contributed by atoms with van der Waals surface area (Å²) in [6.45, 7) is 2.06. The van der Waals surface area contributed by atoms with Gasteiger partial charge in [-0.25, -0.2) is 0 Å². The zero-order valence-corrected chi connectivity index (χ0v) is 22.5. The minimum absolute atomic E-state index is 0.0532. The molecule has 38 heavy (non-hydrogen) atoms. The third-order valence-corrected chi connectivity index (χ3v) is 9.45. The highest BCUT2D eigenvalue weighted by molar-refractivity contribution is 8.00. The number of rotatable bonds is 4. The largest absolute Gasteiger partial charge is 0.384 e. The molecule has 3 aromatic rings. The van der Waals surface area contributed by atoms with Crippen molar-refractivity contribution < 1.29 is 9.59 Å². The van der Waals surface area contributed by atoms with E-state index in [1.807, 2.05) is 30.3 Å². The number of amides is 1. The van der Waals surface area contributed by atoms with Crippen LogP contribution < -0.4 is 15.5 Å². The maximum absolute atomic E-state index is 14.0. The third-order valence-electron chi connectivity index (χ3n) is 7.34. The van der Waals surface area contributed by atoms with Crippen molar-refractivity contribution in [3.8, 4) is 6.07 Å². The van der Waals surface area contributed by atoms with E-state index in [-0.39, 0.29) is 23.1 Å². The molecule has 8 nitrogen and oxygen atoms in total. The van der Waals surface area contributed by atoms with Crippen molar-refractivity contribution in [2.75, 3.05) is 16.8 Å². The minimum atomic E-state index is -1.55. The van der Waals surface area contributed by atoms with Crippen molar-refractivity contribution in [1.29, 1.82) is 5.26 Å². The third kappa shape index (κ3) is 3.42. The van der Waals surface area contributed by atoms with Gasteiger partial charge >= 0.3 is 0 Å². The van der Waals surface area contributed by atoms with Crippen molar-refractivity contribution in [2.24, 2.45) is 5.73 Å². The lowest BCUT2D eigenvalue weighted by Gasteiger charge is -2.42. The number of nitrogens with two attached hydrogens (primary N) is 1. The molecule has 3 aliphatic rings. The van der Waals surface area contributed by atoms with Crippen molar-refractivity contribution >= 4 is 45.6 Å². The molecule has 0 unspecified atom stereocenters. The number of allylic oxidation sites excluding steroid dienone is 1. The summed E-state index contributed by atoms with van der Waals surface area (Å²) in [6.07, 6.45) is 1.46. The Morgan fingerprint density at radius 3 is 2.76 bits per heavy atom. The van der Waals surface area contributed by atoms with E-state index in [0.29, 0.717) is 46.9 Å². The van der Waals surface area contributed by atoms with Crippen molar-refractivity contribution in [2.45, 2.75) is 41.7 Å². The molecule has 0 saturated heterocycles. The Hall–Kier alpha value is -3.94. The minimum Gasteiger partial charge on any atom is -0.384 e. The van der Waals surface area contributed by atoms with E-state index in [9.17, 15) is 14.9 Å². The molecule has 10 heteroatoms. The van der Waals surface area contributed by atoms with Crippen molar-refractivity contribution in [3.05, 3.63) is 87.9 Å². The predicted octanol–water partition coefficient (Wildman–Crippen LogP) is 4.57. The molecule has 1 aromatic heterocycles. The van der Waals surface area contributed by atoms with E-state index in [1.165, 1.54) is 27.4 Å². The second kappa shape index (κ2) is 9.11. The lowest BCUT2D eigenvalue weighted by molar-refractivity contribution is -0.124. The zero-order chi connectivity index (χ0) is 26.6. The second-order valence-electron chi connectivity index (χ2n) is 9.57. The Labute approximate surface area is 228 Å². The van der Waals surface area contributed by atoms with Crippen LogP contribution in [-0.4, -0.2) is 28.9 Å². The molecule has 1 aliphatic carbocycles. The van der Waals surface area contributed by atoms with Crippen LogP contribution in [-0.2, 0) is 20.8 Å². The summed E-state index contributed by atoms with van der Waals surface area (Å²) in [6, 6.07) is 17.8. The number of likely N-dealkylation sites (N-methyl/N-ethyl adjacent to an activating group) is 1. The lowest BCUT2D eigenvalue weighted by atomic mass is 9.64. The van der Waals surface area contributed by atoms with Gasteiger partial charge in [-0.1, -0.05) is 71.1 Å². The Kier molecular flexibility index (Phi) is 5.85. The van der Waals surface area contributed by atoms with E-state index in [0.717, 1.165) is 10.1 Å². The molecular formula is C28H24N6O2S2. The number of hydrogen-bond acceptors (Lipinski definition) is 9. The van der Waals surface area contributed by atoms with Gasteiger partial charge in [0.15, 0.2) is 10.1 Å². The number of carbonyl (C=O) groups excluding carboxylic acids is 2. The molecule has 1 atom stereocenters. The normalized spacial score (nSPS) is 20.8. The van der Waals surface area contributed by atoms with Gasteiger partial charge in [0.1, 0.15) is 17.3 Å². The molecule has 2 aliphatic heterocycles. The number of thioether (sulfide) groups is 1. The van der Waals surface area contributed by atoms with E-state index in [2.05, 4.69) is 41.4 Å². The molecule has 2 N–H and O–H groups in total. The van der Waals surface area contributed by atoms with Crippen molar-refractivity contribution in [3.63, 3.8) is 0 Å². The van der Waals surface area contributed by atoms with Crippen LogP contribution in [0.4, 0.5) is 10.8 Å². The maximum atomic E-state index is 14.0. The average molecular weight is 541 g/mol. The van der Waals surface area contributed by atoms with Crippen LogP contribution in [0.5, 0.6) is 0 Å². The first-order chi connectivity index (χ1) is 18.4. The van der Waals surface area contributed by atoms with Crippen LogP contribution in [0.2, 0.25) is 0 Å². The summed E-state index contributed by atoms with van der Waals surface area (Å²) in [5.74, 6) is 0.365. The SMILES string of the molecule is Cc1cccc(CSc2nnc(N3C(N)=C(C#N)[C@]4(C(=O)N(C)c5ccccc54)C4=C3CCCC4=O)s2)c1. The summed E-state index contributed by atoms with van der Waals surface area (Å²) in [7, 11) is 1.67. The molecule has 2 aromatic carbocycles. The molecule has 0 saturated carbocycles. The van der Waals surface area contributed by atoms with Crippen LogP contribution in [0.1, 0.15) is 36.0 Å². The predicted molar refractivity (Wildman–Crippen MR) is 147 cm³/mol. The highest BCUT2D eigenvalue weighted by Crippen LogP contribution is 2.56. The van der Waals surface area contributed by atoms with Crippen LogP contribution in [0, 0.1) is 18.3 Å². The molecule has 6 rings (SSSR count). The standard InChI is InChI=1S/C28H24N6O2S2/c1-16-7-5-8-17(13-16)15-37-27-32-31-26(38-27)34-21-11-6-12-22(35)23(21)28(19(14-29)24(34)30)18-9-3-4-10-20(18)33(2)25(28)36/h3-5,7-10,13H,6,11-12,15,30H2,1-2H3/t28-/m0/s1. The van der Waals surface area contributed by atoms with Gasteiger partial charge in [-0.3, -0.25) is 14.5 Å². The summed E-state index contributed by atoms with van der Waals surface area (Å²) in [5.41, 5.74) is 9.85. The molecule has 3 heterocycles. The van der Waals surface area contributed by atoms with Crippen LogP contribution in [0.15, 0.2) is 75.5 Å². The second-order valence-corrected chi connectivity index (χ2v) is 11.7. The molecular weight excluding hydrogens is 516 g/mol. The Morgan fingerprint density at radius 2 is 1.97 bits per heavy atom.